The van der Waals surface area contributed by atoms with Gasteiger partial charge in [-0.3, -0.25) is 4.79 Å². The highest BCUT2D eigenvalue weighted by Crippen LogP contribution is 2.26. The van der Waals surface area contributed by atoms with Gasteiger partial charge in [0.25, 0.3) is 0 Å². The van der Waals surface area contributed by atoms with Crippen molar-refractivity contribution >= 4 is 11.7 Å². The average molecular weight is 227 g/mol. The van der Waals surface area contributed by atoms with Crippen LogP contribution in [0.4, 0.5) is 0 Å². The maximum Gasteiger partial charge on any atom is 0.220 e. The molecular formula is C11H21N3O2. The fourth-order valence-electron chi connectivity index (χ4n) is 2.24. The highest BCUT2D eigenvalue weighted by atomic mass is 16.4. The van der Waals surface area contributed by atoms with Crippen molar-refractivity contribution in [1.29, 1.82) is 0 Å². The van der Waals surface area contributed by atoms with E-state index in [9.17, 15) is 4.79 Å². The molecule has 1 unspecified atom stereocenters. The second-order valence-electron chi connectivity index (χ2n) is 4.32. The summed E-state index contributed by atoms with van der Waals surface area (Å²) in [6.07, 6.45) is 6.03. The van der Waals surface area contributed by atoms with Crippen LogP contribution in [0.25, 0.3) is 0 Å². The van der Waals surface area contributed by atoms with Crippen LogP contribution in [0.3, 0.4) is 0 Å². The van der Waals surface area contributed by atoms with Crippen molar-refractivity contribution < 1.29 is 10.0 Å². The standard InChI is InChI=1S/C11H21N3O2/c1-2-9(15)13-10(11(12)14-16)8-6-4-3-5-7-8/h8,10,16H,2-7H2,1H3,(H2,12,14)(H,13,15). The van der Waals surface area contributed by atoms with E-state index >= 15 is 0 Å². The van der Waals surface area contributed by atoms with Gasteiger partial charge in [-0.25, -0.2) is 0 Å². The number of hydrogen-bond acceptors (Lipinski definition) is 3. The van der Waals surface area contributed by atoms with Crippen LogP contribution in [0.1, 0.15) is 45.4 Å². The van der Waals surface area contributed by atoms with Gasteiger partial charge in [0.1, 0.15) is 0 Å². The van der Waals surface area contributed by atoms with Crippen LogP contribution in [-0.2, 0) is 4.79 Å². The normalized spacial score (nSPS) is 20.4. The average Bonchev–Trinajstić information content (AvgIpc) is 2.35. The fraction of sp³-hybridized carbons (Fsp3) is 0.818. The van der Waals surface area contributed by atoms with Crippen molar-refractivity contribution in [3.05, 3.63) is 0 Å². The van der Waals surface area contributed by atoms with Gasteiger partial charge < -0.3 is 16.3 Å². The quantitative estimate of drug-likeness (QED) is 0.292. The number of nitrogens with one attached hydrogen (secondary N) is 1. The highest BCUT2D eigenvalue weighted by molar-refractivity contribution is 5.90. The lowest BCUT2D eigenvalue weighted by Gasteiger charge is -2.29. The molecule has 1 atom stereocenters. The molecule has 1 fully saturated rings. The second-order valence-corrected chi connectivity index (χ2v) is 4.32. The smallest absolute Gasteiger partial charge is 0.220 e. The molecule has 5 nitrogen and oxygen atoms in total. The predicted molar refractivity (Wildman–Crippen MR) is 62.2 cm³/mol. The van der Waals surface area contributed by atoms with Crippen LogP contribution in [0, 0.1) is 5.92 Å². The summed E-state index contributed by atoms with van der Waals surface area (Å²) < 4.78 is 0. The zero-order valence-corrected chi connectivity index (χ0v) is 9.78. The summed E-state index contributed by atoms with van der Waals surface area (Å²) in [6, 6.07) is -0.308. The Kier molecular flexibility index (Phi) is 5.08. The topological polar surface area (TPSA) is 87.7 Å². The van der Waals surface area contributed by atoms with Crippen LogP contribution >= 0.6 is 0 Å². The highest BCUT2D eigenvalue weighted by Gasteiger charge is 2.27. The molecule has 92 valence electrons. The lowest BCUT2D eigenvalue weighted by Crippen LogP contribution is -2.49. The molecule has 0 aliphatic heterocycles. The molecule has 0 saturated heterocycles. The molecule has 1 rings (SSSR count). The first-order valence-electron chi connectivity index (χ1n) is 5.95. The van der Waals surface area contributed by atoms with Gasteiger partial charge in [-0.2, -0.15) is 0 Å². The summed E-state index contributed by atoms with van der Waals surface area (Å²) in [4.78, 5) is 11.4. The number of amides is 1. The van der Waals surface area contributed by atoms with Crippen molar-refractivity contribution in [3.63, 3.8) is 0 Å². The number of rotatable bonds is 4. The maximum atomic E-state index is 11.4. The van der Waals surface area contributed by atoms with Crippen molar-refractivity contribution in [2.75, 3.05) is 0 Å². The van der Waals surface area contributed by atoms with Gasteiger partial charge in [0, 0.05) is 6.42 Å². The van der Waals surface area contributed by atoms with Gasteiger partial charge in [-0.1, -0.05) is 31.3 Å². The molecule has 1 saturated carbocycles. The summed E-state index contributed by atoms with van der Waals surface area (Å²) in [6.45, 7) is 1.79. The number of carbonyl (C=O) groups is 1. The van der Waals surface area contributed by atoms with Crippen molar-refractivity contribution in [2.45, 2.75) is 51.5 Å². The number of nitrogens with two attached hydrogens (primary N) is 1. The first kappa shape index (κ1) is 12.8. The summed E-state index contributed by atoms with van der Waals surface area (Å²) in [5.41, 5.74) is 5.64. The summed E-state index contributed by atoms with van der Waals surface area (Å²) in [7, 11) is 0. The Balaban J connectivity index is 2.65. The Morgan fingerprint density at radius 3 is 2.62 bits per heavy atom. The van der Waals surface area contributed by atoms with Crippen molar-refractivity contribution in [2.24, 2.45) is 16.8 Å². The van der Waals surface area contributed by atoms with E-state index in [0.29, 0.717) is 12.3 Å². The van der Waals surface area contributed by atoms with Gasteiger partial charge >= 0.3 is 0 Å². The molecule has 0 heterocycles. The molecule has 0 bridgehead atoms. The van der Waals surface area contributed by atoms with E-state index in [4.69, 9.17) is 10.9 Å². The van der Waals surface area contributed by atoms with E-state index in [1.807, 2.05) is 0 Å². The molecule has 0 aromatic heterocycles. The largest absolute Gasteiger partial charge is 0.409 e. The summed E-state index contributed by atoms with van der Waals surface area (Å²) >= 11 is 0. The number of amidine groups is 1. The SMILES string of the molecule is CCC(=O)NC(/C(N)=N/O)C1CCCCC1. The number of oxime groups is 1. The lowest BCUT2D eigenvalue weighted by atomic mass is 9.83. The third-order valence-electron chi connectivity index (χ3n) is 3.19. The lowest BCUT2D eigenvalue weighted by molar-refractivity contribution is -0.121. The van der Waals surface area contributed by atoms with E-state index in [2.05, 4.69) is 10.5 Å². The first-order valence-corrected chi connectivity index (χ1v) is 5.95. The molecule has 1 aliphatic rings. The van der Waals surface area contributed by atoms with Gasteiger partial charge in [-0.05, 0) is 18.8 Å². The summed E-state index contributed by atoms with van der Waals surface area (Å²) in [5.74, 6) is 0.371. The Bertz CT molecular complexity index is 260. The number of nitrogens with zero attached hydrogens (tertiary/aromatic N) is 1. The Labute approximate surface area is 96.1 Å². The fourth-order valence-corrected chi connectivity index (χ4v) is 2.24. The maximum absolute atomic E-state index is 11.4. The molecular weight excluding hydrogens is 206 g/mol. The molecule has 1 aliphatic carbocycles. The first-order chi connectivity index (χ1) is 7.69. The van der Waals surface area contributed by atoms with E-state index in [1.165, 1.54) is 6.42 Å². The minimum Gasteiger partial charge on any atom is -0.409 e. The zero-order valence-electron chi connectivity index (χ0n) is 9.78. The van der Waals surface area contributed by atoms with Crippen LogP contribution in [0.5, 0.6) is 0 Å². The third-order valence-corrected chi connectivity index (χ3v) is 3.19. The minimum atomic E-state index is -0.308. The Hall–Kier alpha value is -1.26. The molecule has 0 radical (unpaired) electrons. The molecule has 1 amide bonds. The monoisotopic (exact) mass is 227 g/mol. The van der Waals surface area contributed by atoms with Gasteiger partial charge in [0.05, 0.1) is 6.04 Å². The van der Waals surface area contributed by atoms with Crippen LogP contribution in [0.15, 0.2) is 5.16 Å². The Morgan fingerprint density at radius 1 is 1.50 bits per heavy atom. The number of carbonyl (C=O) groups excluding carboxylic acids is 1. The van der Waals surface area contributed by atoms with Gasteiger partial charge in [-0.15, -0.1) is 0 Å². The molecule has 0 spiro atoms. The minimum absolute atomic E-state index is 0.0535. The van der Waals surface area contributed by atoms with Crippen molar-refractivity contribution in [3.8, 4) is 0 Å². The predicted octanol–water partition coefficient (Wildman–Crippen LogP) is 1.21. The van der Waals surface area contributed by atoms with E-state index in [-0.39, 0.29) is 17.8 Å². The van der Waals surface area contributed by atoms with Gasteiger partial charge in [0.2, 0.25) is 5.91 Å². The molecule has 16 heavy (non-hydrogen) atoms. The van der Waals surface area contributed by atoms with Crippen LogP contribution < -0.4 is 11.1 Å². The van der Waals surface area contributed by atoms with E-state index in [1.54, 1.807) is 6.92 Å². The number of hydrogen-bond donors (Lipinski definition) is 3. The second kappa shape index (κ2) is 6.35. The molecule has 5 heteroatoms. The molecule has 0 aromatic carbocycles. The third kappa shape index (κ3) is 3.40. The summed E-state index contributed by atoms with van der Waals surface area (Å²) in [5, 5.41) is 14.6. The van der Waals surface area contributed by atoms with E-state index < -0.39 is 0 Å². The Morgan fingerprint density at radius 2 is 2.12 bits per heavy atom. The zero-order chi connectivity index (χ0) is 12.0. The van der Waals surface area contributed by atoms with Crippen LogP contribution in [-0.4, -0.2) is 23.0 Å². The van der Waals surface area contributed by atoms with Gasteiger partial charge in [0.15, 0.2) is 5.84 Å². The van der Waals surface area contributed by atoms with Crippen LogP contribution in [0.2, 0.25) is 0 Å². The van der Waals surface area contributed by atoms with E-state index in [0.717, 1.165) is 25.7 Å². The molecule has 0 aromatic rings. The molecule has 4 N–H and O–H groups in total. The van der Waals surface area contributed by atoms with Crippen molar-refractivity contribution in [1.82, 2.24) is 5.32 Å².